The zero-order valence-electron chi connectivity index (χ0n) is 16.4. The molecule has 1 aliphatic heterocycles. The highest BCUT2D eigenvalue weighted by Crippen LogP contribution is 2.46. The van der Waals surface area contributed by atoms with Crippen molar-refractivity contribution in [2.75, 3.05) is 4.90 Å². The molecule has 1 amide bonds. The number of pyridine rings is 1. The third-order valence-electron chi connectivity index (χ3n) is 5.44. The van der Waals surface area contributed by atoms with E-state index in [0.29, 0.717) is 24.6 Å². The molecule has 30 heavy (non-hydrogen) atoms. The summed E-state index contributed by atoms with van der Waals surface area (Å²) in [6.45, 7) is 2.04. The van der Waals surface area contributed by atoms with Crippen molar-refractivity contribution in [3.05, 3.63) is 82.6 Å². The van der Waals surface area contributed by atoms with Crippen molar-refractivity contribution in [3.8, 4) is 11.4 Å². The average molecular weight is 417 g/mol. The molecule has 0 aliphatic carbocycles. The molecule has 0 radical (unpaired) electrons. The SMILES string of the molecule is Cc1ccc(N2C(=O)CC[C@H](c3nc(-c4ccncc4)no3)[C@H]2c2cccs2)cc1. The maximum absolute atomic E-state index is 13.0. The molecule has 4 aromatic rings. The summed E-state index contributed by atoms with van der Waals surface area (Å²) in [5.74, 6) is 1.13. The number of carbonyl (C=O) groups excluding carboxylic acids is 1. The smallest absolute Gasteiger partial charge is 0.232 e. The summed E-state index contributed by atoms with van der Waals surface area (Å²) in [6.07, 6.45) is 4.52. The Morgan fingerprint density at radius 3 is 2.63 bits per heavy atom. The number of aryl methyl sites for hydroxylation is 1. The Labute approximate surface area is 178 Å². The summed E-state index contributed by atoms with van der Waals surface area (Å²) in [4.78, 5) is 24.8. The van der Waals surface area contributed by atoms with Gasteiger partial charge in [0.25, 0.3) is 0 Å². The molecular formula is C23H20N4O2S. The molecule has 3 aromatic heterocycles. The van der Waals surface area contributed by atoms with Crippen LogP contribution in [0.2, 0.25) is 0 Å². The second-order valence-electron chi connectivity index (χ2n) is 7.40. The number of hydrogen-bond acceptors (Lipinski definition) is 6. The van der Waals surface area contributed by atoms with Crippen molar-refractivity contribution >= 4 is 22.9 Å². The first-order valence-corrected chi connectivity index (χ1v) is 10.7. The Hall–Kier alpha value is -3.32. The Bertz CT molecular complexity index is 1140. The molecule has 2 atom stereocenters. The van der Waals surface area contributed by atoms with Gasteiger partial charge in [-0.25, -0.2) is 0 Å². The predicted octanol–water partition coefficient (Wildman–Crippen LogP) is 5.15. The van der Waals surface area contributed by atoms with Gasteiger partial charge in [0.05, 0.1) is 12.0 Å². The number of benzene rings is 1. The van der Waals surface area contributed by atoms with Gasteiger partial charge in [0.2, 0.25) is 17.6 Å². The summed E-state index contributed by atoms with van der Waals surface area (Å²) >= 11 is 1.64. The molecule has 0 bridgehead atoms. The first-order valence-electron chi connectivity index (χ1n) is 9.87. The molecule has 0 unspecified atom stereocenters. The zero-order chi connectivity index (χ0) is 20.5. The fourth-order valence-corrected chi connectivity index (χ4v) is 4.83. The van der Waals surface area contributed by atoms with Crippen molar-refractivity contribution in [1.29, 1.82) is 0 Å². The fourth-order valence-electron chi connectivity index (χ4n) is 3.95. The molecule has 7 heteroatoms. The Morgan fingerprint density at radius 1 is 1.10 bits per heavy atom. The van der Waals surface area contributed by atoms with Gasteiger partial charge in [0, 0.05) is 34.9 Å². The van der Waals surface area contributed by atoms with Crippen molar-refractivity contribution in [2.45, 2.75) is 31.7 Å². The Balaban J connectivity index is 1.56. The quantitative estimate of drug-likeness (QED) is 0.460. The lowest BCUT2D eigenvalue weighted by Gasteiger charge is -2.39. The summed E-state index contributed by atoms with van der Waals surface area (Å²) in [5, 5.41) is 6.23. The minimum absolute atomic E-state index is 0.0780. The lowest BCUT2D eigenvalue weighted by molar-refractivity contribution is -0.120. The number of piperidine rings is 1. The van der Waals surface area contributed by atoms with Gasteiger partial charge in [0.15, 0.2) is 0 Å². The van der Waals surface area contributed by atoms with Crippen LogP contribution in [-0.2, 0) is 4.79 Å². The van der Waals surface area contributed by atoms with E-state index in [1.165, 1.54) is 0 Å². The van der Waals surface area contributed by atoms with Crippen LogP contribution in [-0.4, -0.2) is 21.0 Å². The lowest BCUT2D eigenvalue weighted by atomic mass is 9.87. The van der Waals surface area contributed by atoms with Gasteiger partial charge >= 0.3 is 0 Å². The van der Waals surface area contributed by atoms with Crippen LogP contribution < -0.4 is 4.90 Å². The highest BCUT2D eigenvalue weighted by atomic mass is 32.1. The van der Waals surface area contributed by atoms with Crippen LogP contribution in [0.5, 0.6) is 0 Å². The largest absolute Gasteiger partial charge is 0.339 e. The number of aromatic nitrogens is 3. The lowest BCUT2D eigenvalue weighted by Crippen LogP contribution is -2.42. The molecule has 1 saturated heterocycles. The van der Waals surface area contributed by atoms with Crippen LogP contribution in [0, 0.1) is 6.92 Å². The topological polar surface area (TPSA) is 72.1 Å². The van der Waals surface area contributed by atoms with E-state index in [2.05, 4.69) is 16.2 Å². The van der Waals surface area contributed by atoms with Crippen molar-refractivity contribution < 1.29 is 9.32 Å². The maximum Gasteiger partial charge on any atom is 0.232 e. The number of nitrogens with zero attached hydrogens (tertiary/aromatic N) is 4. The average Bonchev–Trinajstić information content (AvgIpc) is 3.47. The van der Waals surface area contributed by atoms with Crippen LogP contribution >= 0.6 is 11.3 Å². The summed E-state index contributed by atoms with van der Waals surface area (Å²) in [6, 6.07) is 15.7. The van der Waals surface area contributed by atoms with Crippen molar-refractivity contribution in [1.82, 2.24) is 15.1 Å². The van der Waals surface area contributed by atoms with E-state index in [1.807, 2.05) is 59.7 Å². The van der Waals surface area contributed by atoms with Crippen LogP contribution in [0.15, 0.2) is 70.8 Å². The van der Waals surface area contributed by atoms with E-state index in [9.17, 15) is 4.79 Å². The maximum atomic E-state index is 13.0. The molecule has 0 N–H and O–H groups in total. The second kappa shape index (κ2) is 7.84. The van der Waals surface area contributed by atoms with Crippen LogP contribution in [0.1, 0.15) is 41.1 Å². The van der Waals surface area contributed by atoms with E-state index in [-0.39, 0.29) is 17.9 Å². The number of thiophene rings is 1. The van der Waals surface area contributed by atoms with E-state index in [0.717, 1.165) is 21.7 Å². The van der Waals surface area contributed by atoms with Gasteiger partial charge in [-0.05, 0) is 49.1 Å². The normalized spacial score (nSPS) is 19.2. The van der Waals surface area contributed by atoms with Crippen molar-refractivity contribution in [2.24, 2.45) is 0 Å². The Morgan fingerprint density at radius 2 is 1.90 bits per heavy atom. The monoisotopic (exact) mass is 416 g/mol. The molecule has 6 nitrogen and oxygen atoms in total. The van der Waals surface area contributed by atoms with Gasteiger partial charge < -0.3 is 9.42 Å². The Kier molecular flexibility index (Phi) is 4.88. The highest BCUT2D eigenvalue weighted by molar-refractivity contribution is 7.10. The third kappa shape index (κ3) is 3.41. The summed E-state index contributed by atoms with van der Waals surface area (Å²) < 4.78 is 5.71. The molecule has 150 valence electrons. The summed E-state index contributed by atoms with van der Waals surface area (Å²) in [5.41, 5.74) is 2.91. The standard InChI is InChI=1S/C23H20N4O2S/c1-15-4-6-17(7-5-15)27-20(28)9-8-18(21(27)19-3-2-14-30-19)23-25-22(26-29-23)16-10-12-24-13-11-16/h2-7,10-14,18,21H,8-9H2,1H3/t18-,21-/m0/s1. The summed E-state index contributed by atoms with van der Waals surface area (Å²) in [7, 11) is 0. The first kappa shape index (κ1) is 18.7. The van der Waals surface area contributed by atoms with E-state index >= 15 is 0 Å². The molecule has 1 aliphatic rings. The molecule has 0 saturated carbocycles. The third-order valence-corrected chi connectivity index (χ3v) is 6.38. The molecular weight excluding hydrogens is 396 g/mol. The molecule has 1 aromatic carbocycles. The van der Waals surface area contributed by atoms with Crippen molar-refractivity contribution in [3.63, 3.8) is 0 Å². The second-order valence-corrected chi connectivity index (χ2v) is 8.38. The van der Waals surface area contributed by atoms with Crippen LogP contribution in [0.25, 0.3) is 11.4 Å². The first-order chi connectivity index (χ1) is 14.7. The number of amides is 1. The van der Waals surface area contributed by atoms with Gasteiger partial charge in [0.1, 0.15) is 0 Å². The molecule has 5 rings (SSSR count). The van der Waals surface area contributed by atoms with Gasteiger partial charge in [-0.2, -0.15) is 4.98 Å². The molecule has 1 fully saturated rings. The number of carbonyl (C=O) groups is 1. The number of rotatable bonds is 4. The molecule has 0 spiro atoms. The number of anilines is 1. The van der Waals surface area contributed by atoms with E-state index < -0.39 is 0 Å². The number of hydrogen-bond donors (Lipinski definition) is 0. The fraction of sp³-hybridized carbons (Fsp3) is 0.217. The zero-order valence-corrected chi connectivity index (χ0v) is 17.2. The van der Waals surface area contributed by atoms with Gasteiger partial charge in [-0.3, -0.25) is 9.78 Å². The van der Waals surface area contributed by atoms with E-state index in [1.54, 1.807) is 23.7 Å². The van der Waals surface area contributed by atoms with Gasteiger partial charge in [-0.1, -0.05) is 28.9 Å². The molecule has 4 heterocycles. The van der Waals surface area contributed by atoms with Crippen LogP contribution in [0.4, 0.5) is 5.69 Å². The van der Waals surface area contributed by atoms with Gasteiger partial charge in [-0.15, -0.1) is 11.3 Å². The minimum Gasteiger partial charge on any atom is -0.339 e. The van der Waals surface area contributed by atoms with E-state index in [4.69, 9.17) is 9.51 Å². The highest BCUT2D eigenvalue weighted by Gasteiger charge is 2.42. The predicted molar refractivity (Wildman–Crippen MR) is 115 cm³/mol. The van der Waals surface area contributed by atoms with Crippen LogP contribution in [0.3, 0.4) is 0 Å². The minimum atomic E-state index is -0.181.